The molecule has 26 heavy (non-hydrogen) atoms. The van der Waals surface area contributed by atoms with E-state index in [4.69, 9.17) is 25.2 Å². The van der Waals surface area contributed by atoms with Crippen LogP contribution in [0.2, 0.25) is 0 Å². The number of hydrogen-bond donors (Lipinski definition) is 2. The highest BCUT2D eigenvalue weighted by Crippen LogP contribution is 2.27. The van der Waals surface area contributed by atoms with Gasteiger partial charge in [0.05, 0.1) is 26.5 Å². The molecule has 2 aromatic rings. The first-order valence-electron chi connectivity index (χ1n) is 7.86. The molecule has 0 saturated heterocycles. The molecular formula is C18H20N4O4. The zero-order chi connectivity index (χ0) is 19.1. The maximum atomic E-state index is 12.4. The Labute approximate surface area is 151 Å². The smallest absolute Gasteiger partial charge is 0.270 e. The number of hydrogen-bond acceptors (Lipinski definition) is 7. The quantitative estimate of drug-likeness (QED) is 0.777. The first-order valence-corrected chi connectivity index (χ1v) is 7.86. The van der Waals surface area contributed by atoms with Crippen LogP contribution in [0.1, 0.15) is 28.5 Å². The van der Waals surface area contributed by atoms with Crippen LogP contribution in [-0.4, -0.2) is 31.7 Å². The molecule has 8 nitrogen and oxygen atoms in total. The molecule has 1 heterocycles. The van der Waals surface area contributed by atoms with Crippen molar-refractivity contribution in [3.8, 4) is 23.4 Å². The zero-order valence-electron chi connectivity index (χ0n) is 14.8. The van der Waals surface area contributed by atoms with Crippen molar-refractivity contribution >= 4 is 11.6 Å². The number of rotatable bonds is 7. The maximum Gasteiger partial charge on any atom is 0.270 e. The van der Waals surface area contributed by atoms with Crippen molar-refractivity contribution in [1.29, 1.82) is 5.26 Å². The molecular weight excluding hydrogens is 336 g/mol. The van der Waals surface area contributed by atoms with Gasteiger partial charge < -0.3 is 25.3 Å². The summed E-state index contributed by atoms with van der Waals surface area (Å²) in [6, 6.07) is 8.62. The van der Waals surface area contributed by atoms with E-state index < -0.39 is 5.91 Å². The predicted octanol–water partition coefficient (Wildman–Crippen LogP) is 1.88. The number of nitrogen functional groups attached to an aromatic ring is 1. The van der Waals surface area contributed by atoms with Crippen molar-refractivity contribution in [3.05, 3.63) is 41.1 Å². The molecule has 1 aromatic carbocycles. The van der Waals surface area contributed by atoms with Gasteiger partial charge in [0.1, 0.15) is 17.3 Å². The van der Waals surface area contributed by atoms with Gasteiger partial charge in [0.25, 0.3) is 5.91 Å². The molecule has 1 aromatic heterocycles. The number of pyridine rings is 1. The summed E-state index contributed by atoms with van der Waals surface area (Å²) in [4.78, 5) is 16.5. The SMILES string of the molecule is CCOc1nc(C(=O)NCc2ccc(OC)c(OC)c2)cc(N)c1C#N. The minimum atomic E-state index is -0.433. The van der Waals surface area contributed by atoms with Crippen molar-refractivity contribution in [1.82, 2.24) is 10.3 Å². The van der Waals surface area contributed by atoms with Crippen molar-refractivity contribution in [2.45, 2.75) is 13.5 Å². The van der Waals surface area contributed by atoms with Crippen LogP contribution in [0, 0.1) is 11.3 Å². The lowest BCUT2D eigenvalue weighted by Gasteiger charge is -2.11. The predicted molar refractivity (Wildman–Crippen MR) is 95.2 cm³/mol. The van der Waals surface area contributed by atoms with Crippen molar-refractivity contribution in [3.63, 3.8) is 0 Å². The number of aromatic nitrogens is 1. The fourth-order valence-electron chi connectivity index (χ4n) is 2.27. The fourth-order valence-corrected chi connectivity index (χ4v) is 2.27. The number of anilines is 1. The van der Waals surface area contributed by atoms with Crippen molar-refractivity contribution in [2.75, 3.05) is 26.6 Å². The Morgan fingerprint density at radius 1 is 1.27 bits per heavy atom. The van der Waals surface area contributed by atoms with Crippen LogP contribution in [0.25, 0.3) is 0 Å². The van der Waals surface area contributed by atoms with Gasteiger partial charge in [0, 0.05) is 6.54 Å². The van der Waals surface area contributed by atoms with E-state index in [9.17, 15) is 4.79 Å². The summed E-state index contributed by atoms with van der Waals surface area (Å²) in [7, 11) is 3.09. The summed E-state index contributed by atoms with van der Waals surface area (Å²) in [6.45, 7) is 2.31. The number of nitrogens with one attached hydrogen (secondary N) is 1. The summed E-state index contributed by atoms with van der Waals surface area (Å²) in [5, 5.41) is 11.9. The molecule has 0 bridgehead atoms. The molecule has 0 fully saturated rings. The van der Waals surface area contributed by atoms with Gasteiger partial charge in [-0.25, -0.2) is 4.98 Å². The first-order chi connectivity index (χ1) is 12.5. The van der Waals surface area contributed by atoms with Crippen LogP contribution in [-0.2, 0) is 6.54 Å². The van der Waals surface area contributed by atoms with E-state index in [0.29, 0.717) is 18.1 Å². The first kappa shape index (κ1) is 18.9. The van der Waals surface area contributed by atoms with Gasteiger partial charge in [-0.05, 0) is 30.7 Å². The van der Waals surface area contributed by atoms with E-state index >= 15 is 0 Å². The molecule has 8 heteroatoms. The van der Waals surface area contributed by atoms with Crippen LogP contribution in [0.3, 0.4) is 0 Å². The van der Waals surface area contributed by atoms with Gasteiger partial charge in [-0.15, -0.1) is 0 Å². The highest BCUT2D eigenvalue weighted by atomic mass is 16.5. The number of carbonyl (C=O) groups excluding carboxylic acids is 1. The van der Waals surface area contributed by atoms with Gasteiger partial charge in [-0.2, -0.15) is 5.26 Å². The van der Waals surface area contributed by atoms with E-state index in [1.54, 1.807) is 33.3 Å². The van der Waals surface area contributed by atoms with Crippen LogP contribution in [0.5, 0.6) is 17.4 Å². The van der Waals surface area contributed by atoms with E-state index in [1.807, 2.05) is 12.1 Å². The average Bonchev–Trinajstić information content (AvgIpc) is 2.65. The third kappa shape index (κ3) is 4.13. The largest absolute Gasteiger partial charge is 0.493 e. The second-order valence-electron chi connectivity index (χ2n) is 5.19. The number of nitrogens with two attached hydrogens (primary N) is 1. The molecule has 0 aliphatic rings. The molecule has 0 aliphatic heterocycles. The lowest BCUT2D eigenvalue weighted by molar-refractivity contribution is 0.0944. The number of carbonyl (C=O) groups is 1. The van der Waals surface area contributed by atoms with Crippen molar-refractivity contribution < 1.29 is 19.0 Å². The highest BCUT2D eigenvalue weighted by Gasteiger charge is 2.16. The second kappa shape index (κ2) is 8.58. The van der Waals surface area contributed by atoms with Gasteiger partial charge in [0.15, 0.2) is 11.5 Å². The van der Waals surface area contributed by atoms with E-state index in [2.05, 4.69) is 10.3 Å². The summed E-state index contributed by atoms with van der Waals surface area (Å²) >= 11 is 0. The second-order valence-corrected chi connectivity index (χ2v) is 5.19. The standard InChI is InChI=1S/C18H20N4O4/c1-4-26-18-12(9-19)13(20)8-14(22-18)17(23)21-10-11-5-6-15(24-2)16(7-11)25-3/h5-8H,4,10H2,1-3H3,(H2,20,22)(H,21,23). The van der Waals surface area contributed by atoms with Crippen LogP contribution < -0.4 is 25.3 Å². The Morgan fingerprint density at radius 3 is 2.62 bits per heavy atom. The van der Waals surface area contributed by atoms with Gasteiger partial charge >= 0.3 is 0 Å². The van der Waals surface area contributed by atoms with E-state index in [-0.39, 0.29) is 29.4 Å². The third-order valence-electron chi connectivity index (χ3n) is 3.54. The highest BCUT2D eigenvalue weighted by molar-refractivity contribution is 5.93. The van der Waals surface area contributed by atoms with Gasteiger partial charge in [-0.1, -0.05) is 6.07 Å². The Hall–Kier alpha value is -3.47. The van der Waals surface area contributed by atoms with Crippen LogP contribution in [0.4, 0.5) is 5.69 Å². The Kier molecular flexibility index (Phi) is 6.22. The van der Waals surface area contributed by atoms with Crippen molar-refractivity contribution in [2.24, 2.45) is 0 Å². The molecule has 2 rings (SSSR count). The van der Waals surface area contributed by atoms with Gasteiger partial charge in [0.2, 0.25) is 5.88 Å². The average molecular weight is 356 g/mol. The molecule has 0 unspecified atom stereocenters. The monoisotopic (exact) mass is 356 g/mol. The summed E-state index contributed by atoms with van der Waals surface area (Å²) < 4.78 is 15.7. The Morgan fingerprint density at radius 2 is 2.00 bits per heavy atom. The zero-order valence-corrected chi connectivity index (χ0v) is 14.8. The molecule has 0 radical (unpaired) electrons. The van der Waals surface area contributed by atoms with Crippen LogP contribution in [0.15, 0.2) is 24.3 Å². The molecule has 0 atom stereocenters. The van der Waals surface area contributed by atoms with E-state index in [1.165, 1.54) is 6.07 Å². The Balaban J connectivity index is 2.17. The van der Waals surface area contributed by atoms with E-state index in [0.717, 1.165) is 5.56 Å². The number of methoxy groups -OCH3 is 2. The molecule has 0 saturated carbocycles. The number of benzene rings is 1. The summed E-state index contributed by atoms with van der Waals surface area (Å²) in [5.41, 5.74) is 6.98. The normalized spacial score (nSPS) is 9.92. The fraction of sp³-hybridized carbons (Fsp3) is 0.278. The minimum absolute atomic E-state index is 0.0475. The molecule has 1 amide bonds. The van der Waals surface area contributed by atoms with Gasteiger partial charge in [-0.3, -0.25) is 4.79 Å². The molecule has 0 aliphatic carbocycles. The summed E-state index contributed by atoms with van der Waals surface area (Å²) in [6.07, 6.45) is 0. The van der Waals surface area contributed by atoms with Crippen LogP contribution >= 0.6 is 0 Å². The molecule has 3 N–H and O–H groups in total. The number of nitriles is 1. The lowest BCUT2D eigenvalue weighted by Crippen LogP contribution is -2.24. The maximum absolute atomic E-state index is 12.4. The Bertz CT molecular complexity index is 846. The molecule has 0 spiro atoms. The third-order valence-corrected chi connectivity index (χ3v) is 3.54. The number of ether oxygens (including phenoxy) is 3. The topological polar surface area (TPSA) is 119 Å². The lowest BCUT2D eigenvalue weighted by atomic mass is 10.2. The minimum Gasteiger partial charge on any atom is -0.493 e. The number of amides is 1. The summed E-state index contributed by atoms with van der Waals surface area (Å²) in [5.74, 6) is 0.785. The number of nitrogens with zero attached hydrogens (tertiary/aromatic N) is 2. The molecule has 136 valence electrons.